The summed E-state index contributed by atoms with van der Waals surface area (Å²) in [6.07, 6.45) is 5.38. The van der Waals surface area contributed by atoms with Crippen LogP contribution in [0.1, 0.15) is 9.67 Å². The molecule has 0 aliphatic carbocycles. The van der Waals surface area contributed by atoms with E-state index < -0.39 is 0 Å². The van der Waals surface area contributed by atoms with Crippen molar-refractivity contribution in [2.45, 2.75) is 0 Å². The first kappa shape index (κ1) is 16.3. The quantitative estimate of drug-likeness (QED) is 0.516. The highest BCUT2D eigenvalue weighted by molar-refractivity contribution is 7.20. The molecule has 2 N–H and O–H groups in total. The van der Waals surface area contributed by atoms with Crippen LogP contribution in [0.25, 0.3) is 15.9 Å². The van der Waals surface area contributed by atoms with Gasteiger partial charge in [0.05, 0.1) is 4.88 Å². The van der Waals surface area contributed by atoms with Crippen LogP contribution in [-0.2, 0) is 0 Å². The molecule has 0 saturated carbocycles. The molecule has 4 rings (SSSR count). The van der Waals surface area contributed by atoms with Gasteiger partial charge in [0.25, 0.3) is 5.91 Å². The van der Waals surface area contributed by atoms with Crippen LogP contribution in [0, 0.1) is 0 Å². The number of hydrogen-bond donors (Lipinski definition) is 2. The van der Waals surface area contributed by atoms with Gasteiger partial charge >= 0.3 is 0 Å². The zero-order chi connectivity index (χ0) is 17.8. The van der Waals surface area contributed by atoms with Crippen molar-refractivity contribution in [2.24, 2.45) is 0 Å². The fourth-order valence-electron chi connectivity index (χ4n) is 2.62. The number of benzene rings is 1. The molecular weight excluding hydrogens is 346 g/mol. The Morgan fingerprint density at radius 2 is 1.88 bits per heavy atom. The Balaban J connectivity index is 1.31. The molecule has 26 heavy (non-hydrogen) atoms. The average Bonchev–Trinajstić information content (AvgIpc) is 3.35. The summed E-state index contributed by atoms with van der Waals surface area (Å²) in [5.41, 5.74) is 0. The zero-order valence-corrected chi connectivity index (χ0v) is 14.7. The third-order valence-corrected chi connectivity index (χ3v) is 5.00. The molecule has 1 amide bonds. The molecule has 1 aromatic carbocycles. The van der Waals surface area contributed by atoms with Crippen molar-refractivity contribution in [3.63, 3.8) is 0 Å². The van der Waals surface area contributed by atoms with Crippen LogP contribution < -0.4 is 10.6 Å². The standard InChI is InChI=1S/C19H17N5OS/c25-19(16-11-14-5-1-2-6-15(14)26-16)21-8-7-20-17-12-18(23-13-22-17)24-9-3-4-10-24/h1-6,9-13H,7-8H2,(H,21,25)(H,20,22,23). The molecule has 0 fully saturated rings. The van der Waals surface area contributed by atoms with E-state index >= 15 is 0 Å². The highest BCUT2D eigenvalue weighted by atomic mass is 32.1. The van der Waals surface area contributed by atoms with Crippen LogP contribution in [0.2, 0.25) is 0 Å². The lowest BCUT2D eigenvalue weighted by atomic mass is 10.2. The Hall–Kier alpha value is -3.19. The summed E-state index contributed by atoms with van der Waals surface area (Å²) in [5, 5.41) is 7.23. The van der Waals surface area contributed by atoms with Crippen molar-refractivity contribution in [1.82, 2.24) is 19.9 Å². The Bertz CT molecular complexity index is 992. The Kier molecular flexibility index (Phi) is 4.61. The summed E-state index contributed by atoms with van der Waals surface area (Å²) in [4.78, 5) is 21.5. The number of carbonyl (C=O) groups is 1. The van der Waals surface area contributed by atoms with Crippen molar-refractivity contribution in [2.75, 3.05) is 18.4 Å². The second kappa shape index (κ2) is 7.37. The Labute approximate surface area is 154 Å². The maximum absolute atomic E-state index is 12.3. The predicted molar refractivity (Wildman–Crippen MR) is 104 cm³/mol. The Morgan fingerprint density at radius 3 is 2.73 bits per heavy atom. The molecule has 0 bridgehead atoms. The molecule has 4 aromatic rings. The molecule has 3 heterocycles. The summed E-state index contributed by atoms with van der Waals surface area (Å²) in [5.74, 6) is 1.46. The highest BCUT2D eigenvalue weighted by Gasteiger charge is 2.09. The van der Waals surface area contributed by atoms with Crippen molar-refractivity contribution in [3.05, 3.63) is 72.1 Å². The van der Waals surface area contributed by atoms with Crippen LogP contribution >= 0.6 is 11.3 Å². The van der Waals surface area contributed by atoms with Crippen molar-refractivity contribution >= 4 is 33.1 Å². The summed E-state index contributed by atoms with van der Waals surface area (Å²) in [7, 11) is 0. The minimum absolute atomic E-state index is 0.0521. The van der Waals surface area contributed by atoms with Gasteiger partial charge in [-0.15, -0.1) is 11.3 Å². The highest BCUT2D eigenvalue weighted by Crippen LogP contribution is 2.24. The van der Waals surface area contributed by atoms with E-state index in [4.69, 9.17) is 0 Å². The first-order valence-corrected chi connectivity index (χ1v) is 9.07. The topological polar surface area (TPSA) is 71.8 Å². The smallest absolute Gasteiger partial charge is 0.261 e. The molecule has 6 nitrogen and oxygen atoms in total. The normalized spacial score (nSPS) is 10.8. The van der Waals surface area contributed by atoms with E-state index in [2.05, 4.69) is 20.6 Å². The van der Waals surface area contributed by atoms with Gasteiger partial charge in [0.1, 0.15) is 18.0 Å². The lowest BCUT2D eigenvalue weighted by Crippen LogP contribution is -2.28. The van der Waals surface area contributed by atoms with Gasteiger partial charge in [-0.3, -0.25) is 4.79 Å². The van der Waals surface area contributed by atoms with Crippen molar-refractivity contribution in [1.29, 1.82) is 0 Å². The number of thiophene rings is 1. The minimum atomic E-state index is -0.0521. The van der Waals surface area contributed by atoms with Gasteiger partial charge in [-0.2, -0.15) is 0 Å². The number of amides is 1. The van der Waals surface area contributed by atoms with Crippen LogP contribution in [0.3, 0.4) is 0 Å². The number of rotatable bonds is 6. The van der Waals surface area contributed by atoms with E-state index in [0.717, 1.165) is 26.6 Å². The monoisotopic (exact) mass is 363 g/mol. The van der Waals surface area contributed by atoms with Crippen LogP contribution in [0.5, 0.6) is 0 Å². The number of nitrogens with one attached hydrogen (secondary N) is 2. The first-order chi connectivity index (χ1) is 12.8. The van der Waals surface area contributed by atoms with Gasteiger partial charge in [0.2, 0.25) is 0 Å². The SMILES string of the molecule is O=C(NCCNc1cc(-n2cccc2)ncn1)c1cc2ccccc2s1. The molecule has 130 valence electrons. The number of aromatic nitrogens is 3. The van der Waals surface area contributed by atoms with E-state index in [0.29, 0.717) is 13.1 Å². The van der Waals surface area contributed by atoms with Crippen molar-refractivity contribution < 1.29 is 4.79 Å². The van der Waals surface area contributed by atoms with Gasteiger partial charge < -0.3 is 15.2 Å². The number of carbonyl (C=O) groups excluding carboxylic acids is 1. The third kappa shape index (κ3) is 3.57. The number of fused-ring (bicyclic) bond motifs is 1. The maximum atomic E-state index is 12.3. The molecule has 0 atom stereocenters. The maximum Gasteiger partial charge on any atom is 0.261 e. The molecule has 0 spiro atoms. The van der Waals surface area contributed by atoms with Crippen LogP contribution in [0.4, 0.5) is 5.82 Å². The largest absolute Gasteiger partial charge is 0.368 e. The van der Waals surface area contributed by atoms with Crippen LogP contribution in [0.15, 0.2) is 67.3 Å². The molecule has 0 saturated heterocycles. The zero-order valence-electron chi connectivity index (χ0n) is 13.9. The number of anilines is 1. The van der Waals surface area contributed by atoms with E-state index in [1.54, 1.807) is 0 Å². The first-order valence-electron chi connectivity index (χ1n) is 8.26. The minimum Gasteiger partial charge on any atom is -0.368 e. The molecule has 3 aromatic heterocycles. The van der Waals surface area contributed by atoms with E-state index in [9.17, 15) is 4.79 Å². The molecule has 0 unspecified atom stereocenters. The van der Waals surface area contributed by atoms with E-state index in [-0.39, 0.29) is 5.91 Å². The molecule has 0 aliphatic rings. The lowest BCUT2D eigenvalue weighted by molar-refractivity contribution is 0.0959. The summed E-state index contributed by atoms with van der Waals surface area (Å²) >= 11 is 1.50. The average molecular weight is 363 g/mol. The second-order valence-corrected chi connectivity index (χ2v) is 6.77. The summed E-state index contributed by atoms with van der Waals surface area (Å²) in [6, 6.07) is 15.7. The van der Waals surface area contributed by atoms with Crippen LogP contribution in [-0.4, -0.2) is 33.5 Å². The molecule has 7 heteroatoms. The van der Waals surface area contributed by atoms with Gasteiger partial charge in [-0.05, 0) is 29.7 Å². The summed E-state index contributed by atoms with van der Waals surface area (Å²) in [6.45, 7) is 1.09. The predicted octanol–water partition coefficient (Wildman–Crippen LogP) is 3.32. The number of nitrogens with zero attached hydrogens (tertiary/aromatic N) is 3. The third-order valence-electron chi connectivity index (χ3n) is 3.89. The van der Waals surface area contributed by atoms with Gasteiger partial charge in [-0.25, -0.2) is 9.97 Å². The summed E-state index contributed by atoms with van der Waals surface area (Å²) < 4.78 is 3.03. The lowest BCUT2D eigenvalue weighted by Gasteiger charge is -2.08. The molecule has 0 radical (unpaired) electrons. The Morgan fingerprint density at radius 1 is 1.04 bits per heavy atom. The molecule has 0 aliphatic heterocycles. The number of hydrogen-bond acceptors (Lipinski definition) is 5. The van der Waals surface area contributed by atoms with E-state index in [1.807, 2.05) is 65.5 Å². The fraction of sp³-hybridized carbons (Fsp3) is 0.105. The second-order valence-electron chi connectivity index (χ2n) is 5.68. The molecular formula is C19H17N5OS. The van der Waals surface area contributed by atoms with Gasteiger partial charge in [0, 0.05) is 36.2 Å². The fourth-order valence-corrected chi connectivity index (χ4v) is 3.60. The van der Waals surface area contributed by atoms with Crippen molar-refractivity contribution in [3.8, 4) is 5.82 Å². The van der Waals surface area contributed by atoms with Gasteiger partial charge in [0.15, 0.2) is 0 Å². The van der Waals surface area contributed by atoms with Gasteiger partial charge in [-0.1, -0.05) is 18.2 Å². The van der Waals surface area contributed by atoms with E-state index in [1.165, 1.54) is 17.7 Å².